The summed E-state index contributed by atoms with van der Waals surface area (Å²) in [6, 6.07) is 19.3. The van der Waals surface area contributed by atoms with Crippen molar-refractivity contribution in [2.75, 3.05) is 18.4 Å². The molecule has 1 aliphatic rings. The molecule has 0 aromatic heterocycles. The maximum Gasteiger partial charge on any atom is 0.319 e. The van der Waals surface area contributed by atoms with Gasteiger partial charge in [0.05, 0.1) is 10.0 Å². The lowest BCUT2D eigenvalue weighted by Gasteiger charge is -2.21. The summed E-state index contributed by atoms with van der Waals surface area (Å²) in [5.41, 5.74) is 3.78. The van der Waals surface area contributed by atoms with E-state index in [-0.39, 0.29) is 11.9 Å². The van der Waals surface area contributed by atoms with Crippen LogP contribution in [0.3, 0.4) is 0 Å². The lowest BCUT2D eigenvalue weighted by atomic mass is 9.93. The molecule has 0 heterocycles. The van der Waals surface area contributed by atoms with Crippen LogP contribution in [0.1, 0.15) is 43.6 Å². The minimum Gasteiger partial charge on any atom is -0.337 e. The molecule has 1 fully saturated rings. The minimum atomic E-state index is -0.297. The Bertz CT molecular complexity index is 1160. The average Bonchev–Trinajstić information content (AvgIpc) is 3.36. The Morgan fingerprint density at radius 1 is 0.833 bits per heavy atom. The molecule has 0 spiro atoms. The van der Waals surface area contributed by atoms with Crippen LogP contribution in [0, 0.1) is 0 Å². The molecular weight excluding hydrogens is 536 g/mol. The fourth-order valence-electron chi connectivity index (χ4n) is 4.62. The Labute approximate surface area is 232 Å². The Kier molecular flexibility index (Phi) is 9.80. The number of anilines is 1. The van der Waals surface area contributed by atoms with Crippen molar-refractivity contribution in [3.8, 4) is 11.1 Å². The molecule has 0 radical (unpaired) electrons. The second kappa shape index (κ2) is 13.0. The van der Waals surface area contributed by atoms with Gasteiger partial charge in [0.1, 0.15) is 0 Å². The third kappa shape index (κ3) is 7.77. The van der Waals surface area contributed by atoms with Crippen LogP contribution < -0.4 is 16.0 Å². The number of hydrogen-bond acceptors (Lipinski definition) is 2. The van der Waals surface area contributed by atoms with Crippen molar-refractivity contribution in [3.05, 3.63) is 86.3 Å². The zero-order chi connectivity index (χ0) is 25.5. The zero-order valence-electron chi connectivity index (χ0n) is 19.8. The molecule has 190 valence electrons. The number of carbonyl (C=O) groups is 1. The molecule has 0 aliphatic heterocycles. The van der Waals surface area contributed by atoms with Gasteiger partial charge in [-0.1, -0.05) is 89.6 Å². The summed E-state index contributed by atoms with van der Waals surface area (Å²) in [4.78, 5) is 12.6. The third-order valence-corrected chi connectivity index (χ3v) is 7.72. The number of urea groups is 1. The lowest BCUT2D eigenvalue weighted by Crippen LogP contribution is -2.34. The normalized spacial score (nSPS) is 14.6. The first-order chi connectivity index (χ1) is 17.4. The van der Waals surface area contributed by atoms with Crippen LogP contribution in [0.5, 0.6) is 0 Å². The summed E-state index contributed by atoms with van der Waals surface area (Å²) in [6.45, 7) is 1.40. The first kappa shape index (κ1) is 27.1. The van der Waals surface area contributed by atoms with E-state index in [1.54, 1.807) is 24.3 Å². The zero-order valence-corrected chi connectivity index (χ0v) is 22.8. The van der Waals surface area contributed by atoms with E-state index in [0.717, 1.165) is 29.7 Å². The van der Waals surface area contributed by atoms with Crippen molar-refractivity contribution in [2.45, 2.75) is 44.1 Å². The minimum absolute atomic E-state index is 0.149. The number of rotatable bonds is 9. The number of amides is 2. The Morgan fingerprint density at radius 2 is 1.50 bits per heavy atom. The number of carbonyl (C=O) groups excluding carboxylic acids is 1. The first-order valence-corrected chi connectivity index (χ1v) is 13.7. The number of benzene rings is 3. The van der Waals surface area contributed by atoms with Gasteiger partial charge >= 0.3 is 6.03 Å². The highest BCUT2D eigenvalue weighted by Crippen LogP contribution is 2.30. The van der Waals surface area contributed by atoms with Gasteiger partial charge in [-0.15, -0.1) is 0 Å². The second-order valence-corrected chi connectivity index (χ2v) is 10.9. The van der Waals surface area contributed by atoms with Crippen LogP contribution in [0.4, 0.5) is 10.5 Å². The highest BCUT2D eigenvalue weighted by molar-refractivity contribution is 6.42. The molecule has 1 atom stereocenters. The molecule has 2 amide bonds. The second-order valence-electron chi connectivity index (χ2n) is 9.17. The highest BCUT2D eigenvalue weighted by atomic mass is 35.5. The van der Waals surface area contributed by atoms with Crippen LogP contribution in [-0.2, 0) is 0 Å². The molecule has 3 aromatic carbocycles. The van der Waals surface area contributed by atoms with Crippen LogP contribution in [0.15, 0.2) is 60.7 Å². The van der Waals surface area contributed by atoms with Gasteiger partial charge in [0.15, 0.2) is 0 Å². The molecule has 36 heavy (non-hydrogen) atoms. The molecule has 3 aromatic rings. The maximum atomic E-state index is 12.6. The van der Waals surface area contributed by atoms with Crippen LogP contribution in [0.25, 0.3) is 11.1 Å². The quantitative estimate of drug-likeness (QED) is 0.243. The van der Waals surface area contributed by atoms with Gasteiger partial charge in [0.2, 0.25) is 0 Å². The van der Waals surface area contributed by atoms with E-state index in [4.69, 9.17) is 46.4 Å². The molecule has 1 saturated carbocycles. The van der Waals surface area contributed by atoms with Crippen molar-refractivity contribution in [3.63, 3.8) is 0 Å². The first-order valence-electron chi connectivity index (χ1n) is 12.2. The molecule has 4 rings (SSSR count). The SMILES string of the molecule is O=C(NCC(CCNC1CCCC1)c1ccc(-c2ccc(Cl)c(Cl)c2)cc1)Nc1cc(Cl)cc(Cl)c1. The maximum absolute atomic E-state index is 12.6. The van der Waals surface area contributed by atoms with Crippen molar-refractivity contribution in [2.24, 2.45) is 0 Å². The Balaban J connectivity index is 1.42. The van der Waals surface area contributed by atoms with Crippen LogP contribution in [-0.4, -0.2) is 25.2 Å². The van der Waals surface area contributed by atoms with Crippen molar-refractivity contribution in [1.29, 1.82) is 0 Å². The molecular formula is C28H29Cl4N3O. The lowest BCUT2D eigenvalue weighted by molar-refractivity contribution is 0.251. The summed E-state index contributed by atoms with van der Waals surface area (Å²) in [7, 11) is 0. The molecule has 0 saturated heterocycles. The predicted octanol–water partition coefficient (Wildman–Crippen LogP) is 8.79. The van der Waals surface area contributed by atoms with Gasteiger partial charge in [0.25, 0.3) is 0 Å². The van der Waals surface area contributed by atoms with Crippen LogP contribution in [0.2, 0.25) is 20.1 Å². The third-order valence-electron chi connectivity index (χ3n) is 6.55. The topological polar surface area (TPSA) is 53.2 Å². The molecule has 8 heteroatoms. The van der Waals surface area contributed by atoms with E-state index in [1.165, 1.54) is 25.7 Å². The molecule has 1 unspecified atom stereocenters. The van der Waals surface area contributed by atoms with Crippen molar-refractivity contribution in [1.82, 2.24) is 10.6 Å². The standard InChI is InChI=1S/C28H29Cl4N3O/c29-22-14-23(30)16-25(15-22)35-28(36)34-17-21(11-12-33-24-3-1-2-4-24)19-7-5-18(6-8-19)20-9-10-26(31)27(32)13-20/h5-10,13-16,21,24,33H,1-4,11-12,17H2,(H2,34,35,36). The van der Waals surface area contributed by atoms with Gasteiger partial charge in [0, 0.05) is 34.2 Å². The fourth-order valence-corrected chi connectivity index (χ4v) is 5.44. The Hall–Kier alpha value is -1.95. The number of nitrogens with one attached hydrogen (secondary N) is 3. The largest absolute Gasteiger partial charge is 0.337 e. The van der Waals surface area contributed by atoms with Gasteiger partial charge in [-0.25, -0.2) is 4.79 Å². The predicted molar refractivity (Wildman–Crippen MR) is 153 cm³/mol. The van der Waals surface area contributed by atoms with Gasteiger partial charge in [-0.2, -0.15) is 0 Å². The van der Waals surface area contributed by atoms with Crippen molar-refractivity contribution >= 4 is 58.1 Å². The monoisotopic (exact) mass is 563 g/mol. The smallest absolute Gasteiger partial charge is 0.319 e. The van der Waals surface area contributed by atoms with Gasteiger partial charge in [-0.3, -0.25) is 0 Å². The van der Waals surface area contributed by atoms with Crippen molar-refractivity contribution < 1.29 is 4.79 Å². The summed E-state index contributed by atoms with van der Waals surface area (Å²) in [5.74, 6) is 0.149. The van der Waals surface area contributed by atoms with E-state index in [1.807, 2.05) is 12.1 Å². The molecule has 1 aliphatic carbocycles. The van der Waals surface area contributed by atoms with Gasteiger partial charge in [-0.05, 0) is 72.8 Å². The molecule has 3 N–H and O–H groups in total. The van der Waals surface area contributed by atoms with E-state index in [9.17, 15) is 4.79 Å². The summed E-state index contributed by atoms with van der Waals surface area (Å²) in [6.07, 6.45) is 5.99. The number of halogens is 4. The summed E-state index contributed by atoms with van der Waals surface area (Å²) < 4.78 is 0. The van der Waals surface area contributed by atoms with Crippen LogP contribution >= 0.6 is 46.4 Å². The van der Waals surface area contributed by atoms with Gasteiger partial charge < -0.3 is 16.0 Å². The van der Waals surface area contributed by atoms with E-state index >= 15 is 0 Å². The summed E-state index contributed by atoms with van der Waals surface area (Å²) in [5, 5.41) is 11.5. The number of hydrogen-bond donors (Lipinski definition) is 3. The van der Waals surface area contributed by atoms with E-state index < -0.39 is 0 Å². The van der Waals surface area contributed by atoms with E-state index in [0.29, 0.717) is 38.4 Å². The molecule has 0 bridgehead atoms. The molecule has 4 nitrogen and oxygen atoms in total. The average molecular weight is 565 g/mol. The summed E-state index contributed by atoms with van der Waals surface area (Å²) >= 11 is 24.4. The Morgan fingerprint density at radius 3 is 2.17 bits per heavy atom. The highest BCUT2D eigenvalue weighted by Gasteiger charge is 2.17. The fraction of sp³-hybridized carbons (Fsp3) is 0.321. The van der Waals surface area contributed by atoms with E-state index in [2.05, 4.69) is 40.2 Å².